The average Bonchev–Trinajstić information content (AvgIpc) is 2.85. The largest absolute Gasteiger partial charge is 0.330 e. The average molecular weight is 187 g/mol. The molecular formula is C13H17N. The Labute approximate surface area is 85.3 Å². The second kappa shape index (κ2) is 3.09. The number of hydrogen-bond acceptors (Lipinski definition) is 1. The number of benzene rings is 1. The normalized spacial score (nSPS) is 28.9. The van der Waals surface area contributed by atoms with E-state index in [-0.39, 0.29) is 0 Å². The van der Waals surface area contributed by atoms with Gasteiger partial charge in [0, 0.05) is 0 Å². The van der Waals surface area contributed by atoms with E-state index >= 15 is 0 Å². The Hall–Kier alpha value is -0.820. The second-order valence-electron chi connectivity index (χ2n) is 4.68. The molecule has 0 aliphatic heterocycles. The minimum atomic E-state index is 0.780. The number of hydrogen-bond donors (Lipinski definition) is 1. The fraction of sp³-hybridized carbons (Fsp3) is 0.538. The molecule has 1 heteroatoms. The van der Waals surface area contributed by atoms with Crippen LogP contribution < -0.4 is 5.73 Å². The minimum Gasteiger partial charge on any atom is -0.330 e. The summed E-state index contributed by atoms with van der Waals surface area (Å²) in [5, 5.41) is 0. The maximum atomic E-state index is 5.71. The van der Waals surface area contributed by atoms with Gasteiger partial charge in [-0.15, -0.1) is 0 Å². The predicted octanol–water partition coefficient (Wildman–Crippen LogP) is 2.24. The summed E-state index contributed by atoms with van der Waals surface area (Å²) in [6.45, 7) is 0.869. The van der Waals surface area contributed by atoms with Crippen molar-refractivity contribution in [2.45, 2.75) is 31.6 Å². The Balaban J connectivity index is 1.95. The number of fused-ring (bicyclic) bond motifs is 1. The molecule has 0 saturated heterocycles. The zero-order valence-electron chi connectivity index (χ0n) is 8.50. The molecule has 1 fully saturated rings. The molecule has 2 aliphatic rings. The molecule has 0 radical (unpaired) electrons. The first-order valence-electron chi connectivity index (χ1n) is 5.71. The Kier molecular flexibility index (Phi) is 1.88. The Morgan fingerprint density at radius 1 is 1.29 bits per heavy atom. The summed E-state index contributed by atoms with van der Waals surface area (Å²) >= 11 is 0. The van der Waals surface area contributed by atoms with Crippen molar-refractivity contribution in [2.75, 3.05) is 6.54 Å². The van der Waals surface area contributed by atoms with E-state index in [9.17, 15) is 0 Å². The number of nitrogens with two attached hydrogens (primary N) is 1. The van der Waals surface area contributed by atoms with Crippen LogP contribution in [-0.2, 0) is 12.8 Å². The van der Waals surface area contributed by atoms with Crippen LogP contribution in [0.1, 0.15) is 35.4 Å². The Morgan fingerprint density at radius 3 is 3.00 bits per heavy atom. The van der Waals surface area contributed by atoms with Gasteiger partial charge in [-0.3, -0.25) is 0 Å². The van der Waals surface area contributed by atoms with Crippen LogP contribution in [0.4, 0.5) is 0 Å². The molecule has 14 heavy (non-hydrogen) atoms. The molecule has 1 saturated carbocycles. The second-order valence-corrected chi connectivity index (χ2v) is 4.68. The molecule has 1 aromatic rings. The third kappa shape index (κ3) is 1.19. The highest BCUT2D eigenvalue weighted by Crippen LogP contribution is 2.49. The van der Waals surface area contributed by atoms with Crippen LogP contribution >= 0.6 is 0 Å². The highest BCUT2D eigenvalue weighted by Gasteiger charge is 2.38. The molecule has 74 valence electrons. The fourth-order valence-electron chi connectivity index (χ4n) is 2.89. The van der Waals surface area contributed by atoms with Crippen molar-refractivity contribution in [3.8, 4) is 0 Å². The first-order valence-corrected chi connectivity index (χ1v) is 5.71. The van der Waals surface area contributed by atoms with Gasteiger partial charge >= 0.3 is 0 Å². The molecule has 0 amide bonds. The van der Waals surface area contributed by atoms with E-state index in [1.165, 1.54) is 25.7 Å². The highest BCUT2D eigenvalue weighted by atomic mass is 14.6. The van der Waals surface area contributed by atoms with Crippen molar-refractivity contribution in [3.05, 3.63) is 34.9 Å². The van der Waals surface area contributed by atoms with Gasteiger partial charge in [-0.1, -0.05) is 18.2 Å². The molecule has 2 atom stereocenters. The smallest absolute Gasteiger partial charge is 0.00428 e. The SMILES string of the molecule is NCC1CC1c1cccc2c1CCC2. The summed E-state index contributed by atoms with van der Waals surface area (Å²) in [6, 6.07) is 6.85. The van der Waals surface area contributed by atoms with Crippen molar-refractivity contribution in [1.29, 1.82) is 0 Å². The van der Waals surface area contributed by atoms with Gasteiger partial charge in [-0.05, 0) is 60.8 Å². The summed E-state index contributed by atoms with van der Waals surface area (Å²) in [7, 11) is 0. The zero-order chi connectivity index (χ0) is 9.54. The predicted molar refractivity (Wildman–Crippen MR) is 58.4 cm³/mol. The maximum Gasteiger partial charge on any atom is -0.00428 e. The van der Waals surface area contributed by atoms with E-state index < -0.39 is 0 Å². The number of rotatable bonds is 2. The molecule has 2 N–H and O–H groups in total. The van der Waals surface area contributed by atoms with Crippen LogP contribution in [0.25, 0.3) is 0 Å². The van der Waals surface area contributed by atoms with Crippen LogP contribution in [-0.4, -0.2) is 6.54 Å². The van der Waals surface area contributed by atoms with Crippen LogP contribution in [0.2, 0.25) is 0 Å². The molecule has 3 rings (SSSR count). The summed E-state index contributed by atoms with van der Waals surface area (Å²) in [5.41, 5.74) is 10.6. The molecule has 2 unspecified atom stereocenters. The third-order valence-electron chi connectivity index (χ3n) is 3.81. The maximum absolute atomic E-state index is 5.71. The van der Waals surface area contributed by atoms with Crippen LogP contribution in [0.15, 0.2) is 18.2 Å². The van der Waals surface area contributed by atoms with Gasteiger partial charge in [-0.25, -0.2) is 0 Å². The Morgan fingerprint density at radius 2 is 2.21 bits per heavy atom. The summed E-state index contributed by atoms with van der Waals surface area (Å²) in [4.78, 5) is 0. The van der Waals surface area contributed by atoms with Crippen molar-refractivity contribution >= 4 is 0 Å². The summed E-state index contributed by atoms with van der Waals surface area (Å²) in [5.74, 6) is 1.58. The van der Waals surface area contributed by atoms with E-state index in [2.05, 4.69) is 18.2 Å². The van der Waals surface area contributed by atoms with E-state index in [0.717, 1.165) is 18.4 Å². The van der Waals surface area contributed by atoms with Gasteiger partial charge in [0.25, 0.3) is 0 Å². The Bertz CT molecular complexity index is 356. The van der Waals surface area contributed by atoms with Gasteiger partial charge in [0.2, 0.25) is 0 Å². The molecule has 0 bridgehead atoms. The number of aryl methyl sites for hydroxylation is 1. The monoisotopic (exact) mass is 187 g/mol. The topological polar surface area (TPSA) is 26.0 Å². The molecule has 1 aromatic carbocycles. The van der Waals surface area contributed by atoms with Crippen molar-refractivity contribution < 1.29 is 0 Å². The summed E-state index contributed by atoms with van der Waals surface area (Å²) in [6.07, 6.45) is 5.28. The highest BCUT2D eigenvalue weighted by molar-refractivity contribution is 5.42. The van der Waals surface area contributed by atoms with Gasteiger partial charge in [0.05, 0.1) is 0 Å². The van der Waals surface area contributed by atoms with Gasteiger partial charge in [0.1, 0.15) is 0 Å². The fourth-order valence-corrected chi connectivity index (χ4v) is 2.89. The van der Waals surface area contributed by atoms with Crippen LogP contribution in [0, 0.1) is 5.92 Å². The van der Waals surface area contributed by atoms with Crippen molar-refractivity contribution in [2.24, 2.45) is 11.7 Å². The van der Waals surface area contributed by atoms with Crippen molar-refractivity contribution in [3.63, 3.8) is 0 Å². The lowest BCUT2D eigenvalue weighted by atomic mass is 9.99. The first kappa shape index (κ1) is 8.49. The standard InChI is InChI=1S/C13H17N/c14-8-10-7-13(10)12-6-2-4-9-3-1-5-11(9)12/h2,4,6,10,13H,1,3,5,7-8,14H2. The molecule has 2 aliphatic carbocycles. The van der Waals surface area contributed by atoms with E-state index in [4.69, 9.17) is 5.73 Å². The summed E-state index contributed by atoms with van der Waals surface area (Å²) < 4.78 is 0. The molecule has 0 spiro atoms. The lowest BCUT2D eigenvalue weighted by molar-refractivity contribution is 0.803. The minimum absolute atomic E-state index is 0.780. The van der Waals surface area contributed by atoms with Crippen LogP contribution in [0.3, 0.4) is 0 Å². The lowest BCUT2D eigenvalue weighted by Crippen LogP contribution is -2.03. The zero-order valence-corrected chi connectivity index (χ0v) is 8.50. The van der Waals surface area contributed by atoms with Gasteiger partial charge < -0.3 is 5.73 Å². The molecular weight excluding hydrogens is 170 g/mol. The van der Waals surface area contributed by atoms with E-state index in [0.29, 0.717) is 0 Å². The molecule has 0 heterocycles. The molecule has 1 nitrogen and oxygen atoms in total. The van der Waals surface area contributed by atoms with E-state index in [1.54, 1.807) is 16.7 Å². The first-order chi connectivity index (χ1) is 6.90. The van der Waals surface area contributed by atoms with E-state index in [1.807, 2.05) is 0 Å². The lowest BCUT2D eigenvalue weighted by Gasteiger charge is -2.07. The van der Waals surface area contributed by atoms with Gasteiger partial charge in [-0.2, -0.15) is 0 Å². The molecule has 0 aromatic heterocycles. The van der Waals surface area contributed by atoms with Gasteiger partial charge in [0.15, 0.2) is 0 Å². The third-order valence-corrected chi connectivity index (χ3v) is 3.81. The van der Waals surface area contributed by atoms with Crippen LogP contribution in [0.5, 0.6) is 0 Å². The van der Waals surface area contributed by atoms with Crippen molar-refractivity contribution in [1.82, 2.24) is 0 Å². The quantitative estimate of drug-likeness (QED) is 0.755.